The molecule has 0 aromatic carbocycles. The summed E-state index contributed by atoms with van der Waals surface area (Å²) < 4.78 is 48.2. The molecule has 0 rings (SSSR count). The summed E-state index contributed by atoms with van der Waals surface area (Å²) in [5.74, 6) is -0.779. The first-order chi connectivity index (χ1) is 24.7. The lowest BCUT2D eigenvalue weighted by atomic mass is 10.1. The van der Waals surface area contributed by atoms with Crippen molar-refractivity contribution in [2.45, 2.75) is 45.3 Å². The Labute approximate surface area is 299 Å². The summed E-state index contributed by atoms with van der Waals surface area (Å²) in [6, 6.07) is -1.00. The molecule has 0 fully saturated rings. The second kappa shape index (κ2) is 34.9. The number of nitrogens with one attached hydrogen (secondary N) is 3. The van der Waals surface area contributed by atoms with Crippen molar-refractivity contribution in [3.63, 3.8) is 0 Å². The highest BCUT2D eigenvalue weighted by Crippen LogP contribution is 2.08. The Morgan fingerprint density at radius 1 is 0.588 bits per heavy atom. The third kappa shape index (κ3) is 36.1. The van der Waals surface area contributed by atoms with Gasteiger partial charge in [-0.25, -0.2) is 4.79 Å². The highest BCUT2D eigenvalue weighted by Gasteiger charge is 2.25. The monoisotopic (exact) mass is 735 g/mol. The summed E-state index contributed by atoms with van der Waals surface area (Å²) in [5, 5.41) is 14.7. The van der Waals surface area contributed by atoms with Crippen LogP contribution in [0.1, 0.15) is 33.6 Å². The van der Waals surface area contributed by atoms with Gasteiger partial charge in [0.15, 0.2) is 0 Å². The average molecular weight is 736 g/mol. The summed E-state index contributed by atoms with van der Waals surface area (Å²) in [4.78, 5) is 42.8. The third-order valence-electron chi connectivity index (χ3n) is 5.81. The maximum atomic E-state index is 12.8. The largest absolute Gasteiger partial charge is 0.444 e. The van der Waals surface area contributed by atoms with Crippen molar-refractivity contribution in [2.24, 2.45) is 10.2 Å². The van der Waals surface area contributed by atoms with Gasteiger partial charge in [-0.1, -0.05) is 10.2 Å². The molecular weight excluding hydrogens is 678 g/mol. The molecule has 21 nitrogen and oxygen atoms in total. The molecule has 0 aliphatic rings. The van der Waals surface area contributed by atoms with Crippen LogP contribution in [0.4, 0.5) is 4.79 Å². The molecule has 0 bridgehead atoms. The molecule has 0 aromatic heterocycles. The summed E-state index contributed by atoms with van der Waals surface area (Å²) in [6.45, 7) is 11.8. The van der Waals surface area contributed by atoms with E-state index in [2.05, 4.69) is 36.0 Å². The molecule has 0 heterocycles. The van der Waals surface area contributed by atoms with E-state index in [-0.39, 0.29) is 58.1 Å². The predicted octanol–water partition coefficient (Wildman–Crippen LogP) is 1.65. The molecule has 0 aliphatic heterocycles. The molecule has 1 atom stereocenters. The minimum Gasteiger partial charge on any atom is -0.444 e. The summed E-state index contributed by atoms with van der Waals surface area (Å²) >= 11 is 0. The van der Waals surface area contributed by atoms with E-state index in [1.165, 1.54) is 0 Å². The number of azide groups is 2. The number of alkyl carbamates (subject to hydrolysis) is 1. The molecule has 0 saturated carbocycles. The molecule has 3 amide bonds. The van der Waals surface area contributed by atoms with E-state index in [0.29, 0.717) is 92.5 Å². The fourth-order valence-electron chi connectivity index (χ4n) is 3.54. The highest BCUT2D eigenvalue weighted by molar-refractivity contribution is 5.86. The minimum absolute atomic E-state index is 0.0160. The first kappa shape index (κ1) is 47.5. The van der Waals surface area contributed by atoms with Gasteiger partial charge in [-0.2, -0.15) is 0 Å². The molecule has 0 spiro atoms. The second-order valence-electron chi connectivity index (χ2n) is 11.2. The topological polar surface area (TPSA) is 268 Å². The Bertz CT molecular complexity index is 994. The van der Waals surface area contributed by atoms with Gasteiger partial charge in [0.05, 0.1) is 106 Å². The lowest BCUT2D eigenvalue weighted by Crippen LogP contribution is -2.49. The van der Waals surface area contributed by atoms with Crippen LogP contribution in [-0.4, -0.2) is 161 Å². The number of amides is 3. The average Bonchev–Trinajstić information content (AvgIpc) is 3.08. The molecule has 0 radical (unpaired) electrons. The van der Waals surface area contributed by atoms with Gasteiger partial charge in [0.2, 0.25) is 11.8 Å². The van der Waals surface area contributed by atoms with Crippen molar-refractivity contribution in [1.82, 2.24) is 16.0 Å². The van der Waals surface area contributed by atoms with E-state index in [1.807, 2.05) is 0 Å². The Balaban J connectivity index is 4.07. The van der Waals surface area contributed by atoms with Crippen molar-refractivity contribution in [1.29, 1.82) is 0 Å². The van der Waals surface area contributed by atoms with Gasteiger partial charge in [0, 0.05) is 42.4 Å². The van der Waals surface area contributed by atoms with Crippen molar-refractivity contribution >= 4 is 17.9 Å². The second-order valence-corrected chi connectivity index (χ2v) is 11.2. The molecule has 3 N–H and O–H groups in total. The minimum atomic E-state index is -1.00. The first-order valence-corrected chi connectivity index (χ1v) is 16.9. The molecule has 0 aliphatic carbocycles. The van der Waals surface area contributed by atoms with Gasteiger partial charge in [-0.05, 0) is 38.3 Å². The maximum Gasteiger partial charge on any atom is 0.408 e. The zero-order valence-corrected chi connectivity index (χ0v) is 30.2. The van der Waals surface area contributed by atoms with Crippen LogP contribution < -0.4 is 16.0 Å². The predicted molar refractivity (Wildman–Crippen MR) is 183 cm³/mol. The van der Waals surface area contributed by atoms with Crippen LogP contribution in [0.2, 0.25) is 0 Å². The van der Waals surface area contributed by atoms with Gasteiger partial charge < -0.3 is 58.6 Å². The molecule has 0 unspecified atom stereocenters. The zero-order chi connectivity index (χ0) is 37.7. The summed E-state index contributed by atoms with van der Waals surface area (Å²) in [5.41, 5.74) is 15.6. The normalized spacial score (nSPS) is 11.6. The van der Waals surface area contributed by atoms with E-state index >= 15 is 0 Å². The Morgan fingerprint density at radius 3 is 1.35 bits per heavy atom. The van der Waals surface area contributed by atoms with Crippen molar-refractivity contribution in [2.75, 3.05) is 132 Å². The fourth-order valence-corrected chi connectivity index (χ4v) is 3.54. The van der Waals surface area contributed by atoms with Gasteiger partial charge in [-0.15, -0.1) is 0 Å². The quantitative estimate of drug-likeness (QED) is 0.0363. The number of rotatable bonds is 35. The fraction of sp³-hybridized carbons (Fsp3) is 0.900. The van der Waals surface area contributed by atoms with Crippen LogP contribution in [0.15, 0.2) is 10.2 Å². The smallest absolute Gasteiger partial charge is 0.408 e. The number of carbonyl (C=O) groups is 3. The number of hydrogen-bond donors (Lipinski definition) is 3. The van der Waals surface area contributed by atoms with Crippen LogP contribution in [0.25, 0.3) is 20.9 Å². The zero-order valence-electron chi connectivity index (χ0n) is 30.2. The van der Waals surface area contributed by atoms with Gasteiger partial charge in [-0.3, -0.25) is 9.59 Å². The Morgan fingerprint density at radius 2 is 0.961 bits per heavy atom. The maximum absolute atomic E-state index is 12.8. The number of carbonyl (C=O) groups excluding carboxylic acids is 3. The lowest BCUT2D eigenvalue weighted by Gasteiger charge is -2.23. The van der Waals surface area contributed by atoms with Crippen LogP contribution in [0.3, 0.4) is 0 Å². The Hall–Kier alpha value is -3.49. The third-order valence-corrected chi connectivity index (χ3v) is 5.81. The van der Waals surface area contributed by atoms with E-state index in [9.17, 15) is 14.4 Å². The van der Waals surface area contributed by atoms with E-state index in [1.54, 1.807) is 20.8 Å². The van der Waals surface area contributed by atoms with Crippen LogP contribution in [0, 0.1) is 0 Å². The van der Waals surface area contributed by atoms with E-state index < -0.39 is 23.6 Å². The van der Waals surface area contributed by atoms with Crippen molar-refractivity contribution in [3.8, 4) is 0 Å². The summed E-state index contributed by atoms with van der Waals surface area (Å²) in [6.07, 6.45) is -0.736. The standard InChI is InChI=1S/C30H57N9O12/c1-30(2,3)51-29(42)37-26(28(41)34-7-11-44-15-19-48-23-25-50-21-17-46-13-9-36-39-32)4-5-27(40)33-6-10-43-14-18-47-22-24-49-20-16-45-12-8-35-38-31/h26H,4-25H2,1-3H3,(H,33,40)(H,34,41)(H,37,42)/t26-/m0/s1. The number of hydrogen-bond acceptors (Lipinski definition) is 14. The number of ether oxygens (including phenoxy) is 9. The Kier molecular flexibility index (Phi) is 32.5. The molecule has 51 heavy (non-hydrogen) atoms. The van der Waals surface area contributed by atoms with Gasteiger partial charge in [0.1, 0.15) is 11.6 Å². The van der Waals surface area contributed by atoms with Crippen LogP contribution in [-0.2, 0) is 52.2 Å². The molecule has 0 aromatic rings. The first-order valence-electron chi connectivity index (χ1n) is 16.9. The van der Waals surface area contributed by atoms with E-state index in [0.717, 1.165) is 0 Å². The van der Waals surface area contributed by atoms with Gasteiger partial charge in [0.25, 0.3) is 0 Å². The van der Waals surface area contributed by atoms with Crippen molar-refractivity contribution < 1.29 is 57.0 Å². The summed E-state index contributed by atoms with van der Waals surface area (Å²) in [7, 11) is 0. The highest BCUT2D eigenvalue weighted by atomic mass is 16.6. The molecular formula is C30H57N9O12. The van der Waals surface area contributed by atoms with Gasteiger partial charge >= 0.3 is 6.09 Å². The molecule has 21 heteroatoms. The molecule has 0 saturated heterocycles. The van der Waals surface area contributed by atoms with Crippen LogP contribution in [0.5, 0.6) is 0 Å². The number of nitrogens with zero attached hydrogens (tertiary/aromatic N) is 6. The molecule has 294 valence electrons. The lowest BCUT2D eigenvalue weighted by molar-refractivity contribution is -0.124. The van der Waals surface area contributed by atoms with Crippen LogP contribution >= 0.6 is 0 Å². The SMILES string of the molecule is CC(C)(C)OC(=O)N[C@@H](CCC(=O)NCCOCCOCCOCCOCCN=[N+]=[N-])C(=O)NCCOCCOCCOCCOCCN=[N+]=[N-]. The van der Waals surface area contributed by atoms with E-state index in [4.69, 9.17) is 53.7 Å². The van der Waals surface area contributed by atoms with Crippen molar-refractivity contribution in [3.05, 3.63) is 20.9 Å².